The van der Waals surface area contributed by atoms with Gasteiger partial charge in [-0.3, -0.25) is 4.79 Å². The van der Waals surface area contributed by atoms with E-state index in [1.165, 1.54) is 0 Å². The topological polar surface area (TPSA) is 69.2 Å². The van der Waals surface area contributed by atoms with E-state index in [-0.39, 0.29) is 5.70 Å². The third kappa shape index (κ3) is 3.55. The van der Waals surface area contributed by atoms with Gasteiger partial charge in [0.2, 0.25) is 0 Å². The summed E-state index contributed by atoms with van der Waals surface area (Å²) in [5.74, 6) is -1.83. The molecule has 0 heterocycles. The molecule has 2 aromatic carbocycles. The predicted octanol–water partition coefficient (Wildman–Crippen LogP) is 1.62. The average Bonchev–Trinajstić information content (AvgIpc) is 2.48. The molecule has 0 spiro atoms. The van der Waals surface area contributed by atoms with Crippen molar-refractivity contribution in [3.05, 3.63) is 78.0 Å². The van der Waals surface area contributed by atoms with Crippen LogP contribution in [0.15, 0.2) is 72.4 Å². The molecule has 0 fully saturated rings. The van der Waals surface area contributed by atoms with Crippen LogP contribution in [-0.4, -0.2) is 11.8 Å². The Hall–Kier alpha value is -2.88. The zero-order chi connectivity index (χ0) is 14.4. The Balaban J connectivity index is 2.23. The van der Waals surface area contributed by atoms with Crippen LogP contribution < -0.4 is 10.4 Å². The molecule has 100 valence electrons. The molecule has 2 rings (SSSR count). The zero-order valence-electron chi connectivity index (χ0n) is 10.6. The number of carboxylic acid groups (broad SMARTS) is 1. The molecule has 0 amide bonds. The van der Waals surface area contributed by atoms with Gasteiger partial charge in [-0.15, -0.1) is 0 Å². The number of para-hydroxylation sites is 1. The summed E-state index contributed by atoms with van der Waals surface area (Å²) in [5.41, 5.74) is 0.718. The van der Waals surface area contributed by atoms with Crippen LogP contribution in [0.1, 0.15) is 10.4 Å². The molecule has 2 aromatic rings. The number of aliphatic carboxylic acids is 1. The lowest BCUT2D eigenvalue weighted by Crippen LogP contribution is -2.29. The fourth-order valence-corrected chi connectivity index (χ4v) is 1.64. The standard InChI is InChI=1S/C16H13NO3/c18-15(12-7-3-1-4-8-12)11-14(16(19)20)17-13-9-5-2-6-10-13/h1-11,17H,(H,19,20)/p-1/b14-11-. The number of anilines is 1. The molecule has 4 nitrogen and oxygen atoms in total. The number of rotatable bonds is 5. The molecule has 0 saturated heterocycles. The van der Waals surface area contributed by atoms with E-state index in [4.69, 9.17) is 0 Å². The second-order valence-electron chi connectivity index (χ2n) is 4.07. The summed E-state index contributed by atoms with van der Waals surface area (Å²) in [5, 5.41) is 13.7. The van der Waals surface area contributed by atoms with E-state index >= 15 is 0 Å². The highest BCUT2D eigenvalue weighted by molar-refractivity contribution is 6.08. The lowest BCUT2D eigenvalue weighted by atomic mass is 10.1. The van der Waals surface area contributed by atoms with E-state index in [1.807, 2.05) is 6.07 Å². The number of carboxylic acids is 1. The van der Waals surface area contributed by atoms with Gasteiger partial charge in [-0.05, 0) is 12.1 Å². The van der Waals surface area contributed by atoms with Crippen LogP contribution in [0, 0.1) is 0 Å². The van der Waals surface area contributed by atoms with Crippen molar-refractivity contribution in [2.24, 2.45) is 0 Å². The molecule has 0 unspecified atom stereocenters. The minimum absolute atomic E-state index is 0.273. The average molecular weight is 266 g/mol. The van der Waals surface area contributed by atoms with Gasteiger partial charge >= 0.3 is 0 Å². The Morgan fingerprint density at radius 3 is 2.00 bits per heavy atom. The van der Waals surface area contributed by atoms with Crippen molar-refractivity contribution in [2.75, 3.05) is 5.32 Å². The van der Waals surface area contributed by atoms with Gasteiger partial charge in [0.05, 0.1) is 11.7 Å². The Bertz CT molecular complexity index is 633. The first-order chi connectivity index (χ1) is 9.66. The monoisotopic (exact) mass is 266 g/mol. The minimum Gasteiger partial charge on any atom is -0.543 e. The zero-order valence-corrected chi connectivity index (χ0v) is 10.6. The van der Waals surface area contributed by atoms with E-state index < -0.39 is 11.8 Å². The van der Waals surface area contributed by atoms with Crippen molar-refractivity contribution in [1.82, 2.24) is 0 Å². The van der Waals surface area contributed by atoms with Crippen LogP contribution in [-0.2, 0) is 4.79 Å². The van der Waals surface area contributed by atoms with Gasteiger partial charge in [0, 0.05) is 17.3 Å². The predicted molar refractivity (Wildman–Crippen MR) is 73.9 cm³/mol. The maximum atomic E-state index is 11.9. The smallest absolute Gasteiger partial charge is 0.187 e. The quantitative estimate of drug-likeness (QED) is 0.659. The lowest BCUT2D eigenvalue weighted by Gasteiger charge is -2.11. The van der Waals surface area contributed by atoms with E-state index in [9.17, 15) is 14.7 Å². The summed E-state index contributed by atoms with van der Waals surface area (Å²) in [6.07, 6.45) is 1.03. The summed E-state index contributed by atoms with van der Waals surface area (Å²) in [6.45, 7) is 0. The summed E-state index contributed by atoms with van der Waals surface area (Å²) in [6, 6.07) is 17.2. The SMILES string of the molecule is O=C([O-])/C(=C/C(=O)c1ccccc1)Nc1ccccc1. The minimum atomic E-state index is -1.43. The summed E-state index contributed by atoms with van der Waals surface area (Å²) >= 11 is 0. The molecule has 0 radical (unpaired) electrons. The lowest BCUT2D eigenvalue weighted by molar-refractivity contribution is -0.299. The van der Waals surface area contributed by atoms with Crippen LogP contribution in [0.25, 0.3) is 0 Å². The summed E-state index contributed by atoms with van der Waals surface area (Å²) in [7, 11) is 0. The maximum absolute atomic E-state index is 11.9. The van der Waals surface area contributed by atoms with Crippen molar-refractivity contribution < 1.29 is 14.7 Å². The fourth-order valence-electron chi connectivity index (χ4n) is 1.64. The van der Waals surface area contributed by atoms with Gasteiger partial charge in [-0.2, -0.15) is 0 Å². The molecule has 0 aliphatic carbocycles. The van der Waals surface area contributed by atoms with Crippen molar-refractivity contribution >= 4 is 17.4 Å². The van der Waals surface area contributed by atoms with E-state index in [2.05, 4.69) is 5.32 Å². The highest BCUT2D eigenvalue weighted by atomic mass is 16.4. The van der Waals surface area contributed by atoms with Gasteiger partial charge in [-0.1, -0.05) is 48.5 Å². The molecule has 0 atom stereocenters. The third-order valence-electron chi connectivity index (χ3n) is 2.61. The second kappa shape index (κ2) is 6.33. The Kier molecular flexibility index (Phi) is 4.29. The second-order valence-corrected chi connectivity index (χ2v) is 4.07. The number of ketones is 1. The van der Waals surface area contributed by atoms with Crippen LogP contribution in [0.2, 0.25) is 0 Å². The van der Waals surface area contributed by atoms with E-state index in [0.717, 1.165) is 6.08 Å². The Morgan fingerprint density at radius 2 is 1.45 bits per heavy atom. The molecule has 0 bridgehead atoms. The van der Waals surface area contributed by atoms with Crippen LogP contribution in [0.5, 0.6) is 0 Å². The Morgan fingerprint density at radius 1 is 0.900 bits per heavy atom. The van der Waals surface area contributed by atoms with Crippen molar-refractivity contribution in [3.8, 4) is 0 Å². The first-order valence-electron chi connectivity index (χ1n) is 6.01. The van der Waals surface area contributed by atoms with E-state index in [0.29, 0.717) is 11.3 Å². The molecule has 0 aliphatic heterocycles. The van der Waals surface area contributed by atoms with Gasteiger partial charge in [0.1, 0.15) is 0 Å². The number of allylic oxidation sites excluding steroid dienone is 1. The van der Waals surface area contributed by atoms with Crippen LogP contribution >= 0.6 is 0 Å². The fraction of sp³-hybridized carbons (Fsp3) is 0. The molecular weight excluding hydrogens is 254 g/mol. The van der Waals surface area contributed by atoms with Gasteiger partial charge < -0.3 is 15.2 Å². The Labute approximate surface area is 116 Å². The van der Waals surface area contributed by atoms with Crippen molar-refractivity contribution in [2.45, 2.75) is 0 Å². The van der Waals surface area contributed by atoms with Gasteiger partial charge in [-0.25, -0.2) is 0 Å². The largest absolute Gasteiger partial charge is 0.543 e. The van der Waals surface area contributed by atoms with Gasteiger partial charge in [0.25, 0.3) is 0 Å². The molecule has 20 heavy (non-hydrogen) atoms. The van der Waals surface area contributed by atoms with Crippen molar-refractivity contribution in [1.29, 1.82) is 0 Å². The normalized spacial score (nSPS) is 10.9. The third-order valence-corrected chi connectivity index (χ3v) is 2.61. The molecule has 0 saturated carbocycles. The highest BCUT2D eigenvalue weighted by Gasteiger charge is 2.06. The number of carbonyl (C=O) groups excluding carboxylic acids is 2. The summed E-state index contributed by atoms with van der Waals surface area (Å²) < 4.78 is 0. The number of hydrogen-bond donors (Lipinski definition) is 1. The molecule has 0 aliphatic rings. The van der Waals surface area contributed by atoms with Crippen molar-refractivity contribution in [3.63, 3.8) is 0 Å². The molecule has 0 aromatic heterocycles. The molecule has 4 heteroatoms. The van der Waals surface area contributed by atoms with Gasteiger partial charge in [0.15, 0.2) is 5.78 Å². The maximum Gasteiger partial charge on any atom is 0.187 e. The van der Waals surface area contributed by atoms with Crippen LogP contribution in [0.3, 0.4) is 0 Å². The first kappa shape index (κ1) is 13.5. The number of hydrogen-bond acceptors (Lipinski definition) is 4. The first-order valence-corrected chi connectivity index (χ1v) is 6.01. The highest BCUT2D eigenvalue weighted by Crippen LogP contribution is 2.10. The van der Waals surface area contributed by atoms with E-state index in [1.54, 1.807) is 54.6 Å². The molecule has 1 N–H and O–H groups in total. The summed E-state index contributed by atoms with van der Waals surface area (Å²) in [4.78, 5) is 23.0. The number of nitrogens with one attached hydrogen (secondary N) is 1. The molecular formula is C16H12NO3-. The number of benzene rings is 2. The van der Waals surface area contributed by atoms with Crippen LogP contribution in [0.4, 0.5) is 5.69 Å². The number of carbonyl (C=O) groups is 2.